The Morgan fingerprint density at radius 1 is 1.08 bits per heavy atom. The summed E-state index contributed by atoms with van der Waals surface area (Å²) in [6.45, 7) is 2.10. The molecule has 0 fully saturated rings. The van der Waals surface area contributed by atoms with E-state index in [0.29, 0.717) is 33.9 Å². The number of pyridine rings is 1. The van der Waals surface area contributed by atoms with Gasteiger partial charge in [0.15, 0.2) is 0 Å². The molecular formula is C18H15Cl2N5O. The molecule has 0 aliphatic heterocycles. The summed E-state index contributed by atoms with van der Waals surface area (Å²) in [4.78, 5) is 24.8. The van der Waals surface area contributed by atoms with E-state index < -0.39 is 0 Å². The topological polar surface area (TPSA) is 79.8 Å². The molecule has 2 N–H and O–H groups in total. The van der Waals surface area contributed by atoms with Crippen molar-refractivity contribution in [2.45, 2.75) is 13.5 Å². The fourth-order valence-electron chi connectivity index (χ4n) is 2.25. The number of halogens is 2. The number of aromatic nitrogens is 3. The number of carbonyl (C=O) groups excluding carboxylic acids is 1. The molecule has 0 saturated heterocycles. The lowest BCUT2D eigenvalue weighted by Crippen LogP contribution is -2.24. The van der Waals surface area contributed by atoms with Crippen LogP contribution in [-0.4, -0.2) is 20.9 Å². The van der Waals surface area contributed by atoms with Crippen molar-refractivity contribution in [2.75, 3.05) is 5.32 Å². The van der Waals surface area contributed by atoms with Gasteiger partial charge >= 0.3 is 0 Å². The van der Waals surface area contributed by atoms with Crippen molar-refractivity contribution in [3.05, 3.63) is 75.9 Å². The molecule has 3 rings (SSSR count). The molecule has 132 valence electrons. The smallest absolute Gasteiger partial charge is 0.270 e. The SMILES string of the molecule is Cc1nc(Nc2ccc(Cl)cc2Cl)cc(C(=O)NCc2ccncc2)n1. The van der Waals surface area contributed by atoms with E-state index in [1.165, 1.54) is 0 Å². The number of nitrogens with zero attached hydrogens (tertiary/aromatic N) is 3. The summed E-state index contributed by atoms with van der Waals surface area (Å²) in [6.07, 6.45) is 3.35. The molecule has 8 heteroatoms. The minimum atomic E-state index is -0.294. The summed E-state index contributed by atoms with van der Waals surface area (Å²) in [5.41, 5.74) is 1.85. The molecule has 0 aliphatic rings. The largest absolute Gasteiger partial charge is 0.347 e. The van der Waals surface area contributed by atoms with Crippen molar-refractivity contribution in [1.29, 1.82) is 0 Å². The third-order valence-corrected chi connectivity index (χ3v) is 4.01. The number of amides is 1. The highest BCUT2D eigenvalue weighted by Gasteiger charge is 2.11. The fraction of sp³-hybridized carbons (Fsp3) is 0.111. The van der Waals surface area contributed by atoms with Gasteiger partial charge in [-0.25, -0.2) is 9.97 Å². The van der Waals surface area contributed by atoms with Crippen LogP contribution in [-0.2, 0) is 6.54 Å². The van der Waals surface area contributed by atoms with Crippen LogP contribution in [0.15, 0.2) is 48.8 Å². The lowest BCUT2D eigenvalue weighted by atomic mass is 10.2. The Balaban J connectivity index is 1.75. The van der Waals surface area contributed by atoms with Gasteiger partial charge in [-0.15, -0.1) is 0 Å². The van der Waals surface area contributed by atoms with Crippen LogP contribution in [0.4, 0.5) is 11.5 Å². The number of carbonyl (C=O) groups is 1. The summed E-state index contributed by atoms with van der Waals surface area (Å²) in [5.74, 6) is 0.641. The van der Waals surface area contributed by atoms with E-state index in [0.717, 1.165) is 5.56 Å². The molecular weight excluding hydrogens is 373 g/mol. The molecule has 0 atom stereocenters. The number of nitrogens with one attached hydrogen (secondary N) is 2. The Morgan fingerprint density at radius 2 is 1.85 bits per heavy atom. The van der Waals surface area contributed by atoms with Crippen LogP contribution < -0.4 is 10.6 Å². The van der Waals surface area contributed by atoms with Crippen LogP contribution in [0.5, 0.6) is 0 Å². The Morgan fingerprint density at radius 3 is 2.58 bits per heavy atom. The van der Waals surface area contributed by atoms with Gasteiger partial charge in [-0.05, 0) is 42.8 Å². The number of aryl methyl sites for hydroxylation is 1. The standard InChI is InChI=1S/C18H15Cl2N5O/c1-11-23-16(18(26)22-10-12-4-6-21-7-5-12)9-17(24-11)25-15-3-2-13(19)8-14(15)20/h2-9H,10H2,1H3,(H,22,26)(H,23,24,25). The second-order valence-electron chi connectivity index (χ2n) is 5.47. The van der Waals surface area contributed by atoms with Gasteiger partial charge in [-0.1, -0.05) is 23.2 Å². The molecule has 1 aromatic carbocycles. The first kappa shape index (κ1) is 18.1. The number of anilines is 2. The van der Waals surface area contributed by atoms with Crippen molar-refractivity contribution >= 4 is 40.6 Å². The van der Waals surface area contributed by atoms with E-state index in [9.17, 15) is 4.79 Å². The predicted octanol–water partition coefficient (Wildman–Crippen LogP) is 4.16. The molecule has 0 spiro atoms. The van der Waals surface area contributed by atoms with E-state index >= 15 is 0 Å². The highest BCUT2D eigenvalue weighted by molar-refractivity contribution is 6.36. The van der Waals surface area contributed by atoms with Gasteiger partial charge in [0.05, 0.1) is 10.7 Å². The zero-order valence-electron chi connectivity index (χ0n) is 13.8. The van der Waals surface area contributed by atoms with Crippen LogP contribution in [0.2, 0.25) is 10.0 Å². The van der Waals surface area contributed by atoms with Gasteiger partial charge in [0.1, 0.15) is 17.3 Å². The van der Waals surface area contributed by atoms with Crippen molar-refractivity contribution in [1.82, 2.24) is 20.3 Å². The first-order valence-electron chi connectivity index (χ1n) is 7.76. The van der Waals surface area contributed by atoms with E-state index in [1.54, 1.807) is 43.6 Å². The van der Waals surface area contributed by atoms with Crippen LogP contribution in [0.1, 0.15) is 21.9 Å². The zero-order valence-corrected chi connectivity index (χ0v) is 15.3. The van der Waals surface area contributed by atoms with Crippen molar-refractivity contribution in [3.63, 3.8) is 0 Å². The molecule has 26 heavy (non-hydrogen) atoms. The number of hydrogen-bond acceptors (Lipinski definition) is 5. The predicted molar refractivity (Wildman–Crippen MR) is 102 cm³/mol. The number of benzene rings is 1. The Hall–Kier alpha value is -2.70. The molecule has 6 nitrogen and oxygen atoms in total. The lowest BCUT2D eigenvalue weighted by Gasteiger charge is -2.10. The minimum Gasteiger partial charge on any atom is -0.347 e. The van der Waals surface area contributed by atoms with Gasteiger partial charge in [-0.2, -0.15) is 0 Å². The summed E-state index contributed by atoms with van der Waals surface area (Å²) in [6, 6.07) is 10.3. The molecule has 2 heterocycles. The maximum Gasteiger partial charge on any atom is 0.270 e. The Kier molecular flexibility index (Phi) is 5.65. The van der Waals surface area contributed by atoms with Gasteiger partial charge in [-0.3, -0.25) is 9.78 Å². The van der Waals surface area contributed by atoms with Crippen molar-refractivity contribution in [3.8, 4) is 0 Å². The summed E-state index contributed by atoms with van der Waals surface area (Å²) < 4.78 is 0. The highest BCUT2D eigenvalue weighted by Crippen LogP contribution is 2.27. The Bertz CT molecular complexity index is 934. The van der Waals surface area contributed by atoms with E-state index in [1.807, 2.05) is 12.1 Å². The second-order valence-corrected chi connectivity index (χ2v) is 6.32. The second kappa shape index (κ2) is 8.12. The van der Waals surface area contributed by atoms with E-state index in [-0.39, 0.29) is 11.6 Å². The molecule has 0 unspecified atom stereocenters. The molecule has 0 saturated carbocycles. The van der Waals surface area contributed by atoms with Crippen LogP contribution in [0, 0.1) is 6.92 Å². The third kappa shape index (κ3) is 4.68. The van der Waals surface area contributed by atoms with Crippen LogP contribution in [0.25, 0.3) is 0 Å². The number of rotatable bonds is 5. The van der Waals surface area contributed by atoms with Crippen LogP contribution in [0.3, 0.4) is 0 Å². The Labute approximate surface area is 160 Å². The zero-order chi connectivity index (χ0) is 18.5. The summed E-state index contributed by atoms with van der Waals surface area (Å²) in [7, 11) is 0. The lowest BCUT2D eigenvalue weighted by molar-refractivity contribution is 0.0945. The summed E-state index contributed by atoms with van der Waals surface area (Å²) >= 11 is 12.1. The maximum atomic E-state index is 12.4. The van der Waals surface area contributed by atoms with Gasteiger partial charge in [0, 0.05) is 30.0 Å². The van der Waals surface area contributed by atoms with E-state index in [2.05, 4.69) is 25.6 Å². The molecule has 0 aliphatic carbocycles. The number of hydrogen-bond donors (Lipinski definition) is 2. The van der Waals surface area contributed by atoms with Crippen molar-refractivity contribution < 1.29 is 4.79 Å². The maximum absolute atomic E-state index is 12.4. The van der Waals surface area contributed by atoms with Gasteiger partial charge < -0.3 is 10.6 Å². The monoisotopic (exact) mass is 387 g/mol. The molecule has 3 aromatic rings. The normalized spacial score (nSPS) is 10.4. The third-order valence-electron chi connectivity index (χ3n) is 3.47. The minimum absolute atomic E-state index is 0.263. The molecule has 0 bridgehead atoms. The molecule has 1 amide bonds. The fourth-order valence-corrected chi connectivity index (χ4v) is 2.71. The first-order valence-corrected chi connectivity index (χ1v) is 8.52. The highest BCUT2D eigenvalue weighted by atomic mass is 35.5. The first-order chi connectivity index (χ1) is 12.5. The quantitative estimate of drug-likeness (QED) is 0.686. The summed E-state index contributed by atoms with van der Waals surface area (Å²) in [5, 5.41) is 6.90. The molecule has 2 aromatic heterocycles. The molecule has 0 radical (unpaired) electrons. The average molecular weight is 388 g/mol. The van der Waals surface area contributed by atoms with Gasteiger partial charge in [0.25, 0.3) is 5.91 Å². The average Bonchev–Trinajstić information content (AvgIpc) is 2.62. The van der Waals surface area contributed by atoms with Crippen molar-refractivity contribution in [2.24, 2.45) is 0 Å². The van der Waals surface area contributed by atoms with Gasteiger partial charge in [0.2, 0.25) is 0 Å². The van der Waals surface area contributed by atoms with E-state index in [4.69, 9.17) is 23.2 Å². The van der Waals surface area contributed by atoms with Crippen LogP contribution >= 0.6 is 23.2 Å².